The number of hydrogen-bond donors (Lipinski definition) is 3. The summed E-state index contributed by atoms with van der Waals surface area (Å²) >= 11 is 0. The molecular weight excluding hydrogens is 334 g/mol. The summed E-state index contributed by atoms with van der Waals surface area (Å²) in [7, 11) is 0. The molecule has 8 nitrogen and oxygen atoms in total. The molecule has 0 spiro atoms. The first-order valence-electron chi connectivity index (χ1n) is 8.75. The van der Waals surface area contributed by atoms with Gasteiger partial charge in [0.15, 0.2) is 11.5 Å². The monoisotopic (exact) mass is 355 g/mol. The second-order valence-electron chi connectivity index (χ2n) is 6.57. The van der Waals surface area contributed by atoms with E-state index in [0.717, 1.165) is 37.0 Å². The molecule has 0 radical (unpaired) electrons. The van der Waals surface area contributed by atoms with E-state index in [-0.39, 0.29) is 17.7 Å². The summed E-state index contributed by atoms with van der Waals surface area (Å²) < 4.78 is 5.28. The fraction of sp³-hybridized carbons (Fsp3) is 0.389. The van der Waals surface area contributed by atoms with Crippen molar-refractivity contribution in [2.45, 2.75) is 32.0 Å². The molecular formula is C18H21N5O3. The van der Waals surface area contributed by atoms with Crippen molar-refractivity contribution in [1.82, 2.24) is 25.3 Å². The standard InChI is InChI=1S/C18H21N5O3/c24-12-5-7-23(8-6-12)11-13-9-16(22-26-13)18(25)19-10-17-20-14-3-1-2-4-15(14)21-17/h1-4,9,12,24H,5-8,10-11H2,(H,19,25)(H,20,21). The molecule has 2 aromatic heterocycles. The lowest BCUT2D eigenvalue weighted by molar-refractivity contribution is 0.0748. The number of fused-ring (bicyclic) bond motifs is 1. The lowest BCUT2D eigenvalue weighted by atomic mass is 10.1. The molecule has 26 heavy (non-hydrogen) atoms. The molecule has 136 valence electrons. The molecule has 3 heterocycles. The normalized spacial score (nSPS) is 16.2. The van der Waals surface area contributed by atoms with Crippen LogP contribution in [-0.4, -0.2) is 50.2 Å². The highest BCUT2D eigenvalue weighted by molar-refractivity contribution is 5.92. The van der Waals surface area contributed by atoms with Crippen LogP contribution < -0.4 is 5.32 Å². The molecule has 0 bridgehead atoms. The van der Waals surface area contributed by atoms with Crippen molar-refractivity contribution in [3.8, 4) is 0 Å². The van der Waals surface area contributed by atoms with Crippen LogP contribution >= 0.6 is 0 Å². The Hall–Kier alpha value is -2.71. The number of carbonyl (C=O) groups excluding carboxylic acids is 1. The van der Waals surface area contributed by atoms with Gasteiger partial charge in [0.05, 0.1) is 30.2 Å². The van der Waals surface area contributed by atoms with Gasteiger partial charge in [-0.25, -0.2) is 4.98 Å². The number of rotatable bonds is 5. The minimum Gasteiger partial charge on any atom is -0.393 e. The maximum absolute atomic E-state index is 12.3. The van der Waals surface area contributed by atoms with Gasteiger partial charge in [0.1, 0.15) is 5.82 Å². The smallest absolute Gasteiger partial charge is 0.273 e. The number of amides is 1. The van der Waals surface area contributed by atoms with Crippen molar-refractivity contribution in [2.75, 3.05) is 13.1 Å². The first kappa shape index (κ1) is 16.7. The van der Waals surface area contributed by atoms with E-state index in [1.54, 1.807) is 6.07 Å². The first-order valence-corrected chi connectivity index (χ1v) is 8.75. The third-order valence-electron chi connectivity index (χ3n) is 4.58. The average Bonchev–Trinajstić information content (AvgIpc) is 3.28. The van der Waals surface area contributed by atoms with Crippen LogP contribution in [0.15, 0.2) is 34.9 Å². The molecule has 1 fully saturated rings. The van der Waals surface area contributed by atoms with E-state index < -0.39 is 0 Å². The van der Waals surface area contributed by atoms with E-state index >= 15 is 0 Å². The van der Waals surface area contributed by atoms with Crippen molar-refractivity contribution in [2.24, 2.45) is 0 Å². The van der Waals surface area contributed by atoms with Crippen LogP contribution in [0.3, 0.4) is 0 Å². The van der Waals surface area contributed by atoms with Gasteiger partial charge in [-0.1, -0.05) is 17.3 Å². The number of nitrogens with one attached hydrogen (secondary N) is 2. The summed E-state index contributed by atoms with van der Waals surface area (Å²) in [6.45, 7) is 2.52. The summed E-state index contributed by atoms with van der Waals surface area (Å²) in [5, 5.41) is 16.2. The second kappa shape index (κ2) is 7.27. The van der Waals surface area contributed by atoms with Gasteiger partial charge in [0, 0.05) is 19.2 Å². The zero-order chi connectivity index (χ0) is 17.9. The Labute approximate surface area is 150 Å². The lowest BCUT2D eigenvalue weighted by Crippen LogP contribution is -2.35. The minimum atomic E-state index is -0.297. The summed E-state index contributed by atoms with van der Waals surface area (Å²) in [6, 6.07) is 9.38. The van der Waals surface area contributed by atoms with Gasteiger partial charge >= 0.3 is 0 Å². The molecule has 1 aliphatic rings. The van der Waals surface area contributed by atoms with Crippen LogP contribution in [0.5, 0.6) is 0 Å². The van der Waals surface area contributed by atoms with Crippen molar-refractivity contribution in [3.05, 3.63) is 47.6 Å². The van der Waals surface area contributed by atoms with E-state index in [4.69, 9.17) is 4.52 Å². The van der Waals surface area contributed by atoms with Crippen molar-refractivity contribution in [1.29, 1.82) is 0 Å². The highest BCUT2D eigenvalue weighted by Crippen LogP contribution is 2.14. The number of aliphatic hydroxyl groups excluding tert-OH is 1. The molecule has 1 aliphatic heterocycles. The molecule has 0 atom stereocenters. The van der Waals surface area contributed by atoms with Gasteiger partial charge in [0.25, 0.3) is 5.91 Å². The minimum absolute atomic E-state index is 0.208. The lowest BCUT2D eigenvalue weighted by Gasteiger charge is -2.28. The van der Waals surface area contributed by atoms with Crippen LogP contribution in [-0.2, 0) is 13.1 Å². The number of aromatic nitrogens is 3. The van der Waals surface area contributed by atoms with Crippen LogP contribution in [0.1, 0.15) is 34.9 Å². The third kappa shape index (κ3) is 3.76. The quantitative estimate of drug-likeness (QED) is 0.639. The summed E-state index contributed by atoms with van der Waals surface area (Å²) in [5.41, 5.74) is 2.06. The van der Waals surface area contributed by atoms with E-state index in [0.29, 0.717) is 24.7 Å². The van der Waals surface area contributed by atoms with E-state index in [2.05, 4.69) is 25.3 Å². The van der Waals surface area contributed by atoms with Crippen LogP contribution in [0.4, 0.5) is 0 Å². The Bertz CT molecular complexity index is 862. The highest BCUT2D eigenvalue weighted by Gasteiger charge is 2.20. The largest absolute Gasteiger partial charge is 0.393 e. The Morgan fingerprint density at radius 2 is 2.15 bits per heavy atom. The zero-order valence-corrected chi connectivity index (χ0v) is 14.3. The molecule has 0 saturated carbocycles. The van der Waals surface area contributed by atoms with Gasteiger partial charge in [-0.05, 0) is 25.0 Å². The number of H-pyrrole nitrogens is 1. The maximum atomic E-state index is 12.3. The molecule has 3 aromatic rings. The van der Waals surface area contributed by atoms with Gasteiger partial charge in [-0.2, -0.15) is 0 Å². The number of imidazole rings is 1. The Balaban J connectivity index is 1.32. The van der Waals surface area contributed by atoms with Crippen molar-refractivity contribution < 1.29 is 14.4 Å². The van der Waals surface area contributed by atoms with Crippen molar-refractivity contribution in [3.63, 3.8) is 0 Å². The number of carbonyl (C=O) groups is 1. The molecule has 0 unspecified atom stereocenters. The van der Waals surface area contributed by atoms with Crippen molar-refractivity contribution >= 4 is 16.9 Å². The fourth-order valence-electron chi connectivity index (χ4n) is 3.14. The Morgan fingerprint density at radius 1 is 1.35 bits per heavy atom. The maximum Gasteiger partial charge on any atom is 0.273 e. The van der Waals surface area contributed by atoms with E-state index in [9.17, 15) is 9.90 Å². The second-order valence-corrected chi connectivity index (χ2v) is 6.57. The van der Waals surface area contributed by atoms with Crippen LogP contribution in [0.25, 0.3) is 11.0 Å². The molecule has 3 N–H and O–H groups in total. The summed E-state index contributed by atoms with van der Waals surface area (Å²) in [4.78, 5) is 22.0. The number of aromatic amines is 1. The van der Waals surface area contributed by atoms with E-state index in [1.807, 2.05) is 24.3 Å². The molecule has 1 amide bonds. The van der Waals surface area contributed by atoms with Gasteiger partial charge < -0.3 is 19.9 Å². The molecule has 8 heteroatoms. The van der Waals surface area contributed by atoms with E-state index in [1.165, 1.54) is 0 Å². The van der Waals surface area contributed by atoms with Gasteiger partial charge in [0.2, 0.25) is 0 Å². The molecule has 4 rings (SSSR count). The van der Waals surface area contributed by atoms with Crippen LogP contribution in [0.2, 0.25) is 0 Å². The number of benzene rings is 1. The first-order chi connectivity index (χ1) is 12.7. The predicted octanol–water partition coefficient (Wildman–Crippen LogP) is 1.44. The van der Waals surface area contributed by atoms with Gasteiger partial charge in [-0.15, -0.1) is 0 Å². The topological polar surface area (TPSA) is 107 Å². The van der Waals surface area contributed by atoms with Gasteiger partial charge in [-0.3, -0.25) is 9.69 Å². The number of para-hydroxylation sites is 2. The number of likely N-dealkylation sites (tertiary alicyclic amines) is 1. The Morgan fingerprint density at radius 3 is 2.96 bits per heavy atom. The Kier molecular flexibility index (Phi) is 4.68. The summed E-state index contributed by atoms with van der Waals surface area (Å²) in [5.74, 6) is 1.04. The SMILES string of the molecule is O=C(NCc1nc2ccccc2[nH]1)c1cc(CN2CCC(O)CC2)on1. The predicted molar refractivity (Wildman–Crippen MR) is 94.3 cm³/mol. The summed E-state index contributed by atoms with van der Waals surface area (Å²) in [6.07, 6.45) is 1.32. The molecule has 1 saturated heterocycles. The number of nitrogens with zero attached hydrogens (tertiary/aromatic N) is 3. The average molecular weight is 355 g/mol. The molecule has 1 aromatic carbocycles. The number of piperidine rings is 1. The number of aliphatic hydroxyl groups is 1. The van der Waals surface area contributed by atoms with Crippen LogP contribution in [0, 0.1) is 0 Å². The highest BCUT2D eigenvalue weighted by atomic mass is 16.5. The molecule has 0 aliphatic carbocycles. The number of hydrogen-bond acceptors (Lipinski definition) is 6. The zero-order valence-electron chi connectivity index (χ0n) is 14.3. The third-order valence-corrected chi connectivity index (χ3v) is 4.58. The fourth-order valence-corrected chi connectivity index (χ4v) is 3.14.